The van der Waals surface area contributed by atoms with Crippen LogP contribution in [-0.2, 0) is 9.59 Å². The van der Waals surface area contributed by atoms with Crippen LogP contribution in [-0.4, -0.2) is 58.9 Å². The molecule has 0 atom stereocenters. The summed E-state index contributed by atoms with van der Waals surface area (Å²) in [7, 11) is 0. The fourth-order valence-corrected chi connectivity index (χ4v) is 2.08. The summed E-state index contributed by atoms with van der Waals surface area (Å²) >= 11 is 0. The van der Waals surface area contributed by atoms with Crippen molar-refractivity contribution in [2.75, 3.05) is 26.2 Å². The van der Waals surface area contributed by atoms with Crippen molar-refractivity contribution in [3.63, 3.8) is 0 Å². The molecule has 2 heterocycles. The maximum absolute atomic E-state index is 12.2. The van der Waals surface area contributed by atoms with Gasteiger partial charge in [0.1, 0.15) is 0 Å². The van der Waals surface area contributed by atoms with Gasteiger partial charge in [0.05, 0.1) is 18.0 Å². The second kappa shape index (κ2) is 6.17. The third kappa shape index (κ3) is 3.44. The number of nitrogens with two attached hydrogens (primary N) is 1. The normalized spacial score (nSPS) is 15.7. The maximum Gasteiger partial charge on any atom is 0.292 e. The van der Waals surface area contributed by atoms with Gasteiger partial charge in [-0.3, -0.25) is 14.4 Å². The Morgan fingerprint density at radius 2 is 1.82 bits per heavy atom. The Morgan fingerprint density at radius 1 is 1.23 bits per heavy atom. The number of carbonyl (C=O) groups is 3. The fourth-order valence-electron chi connectivity index (χ4n) is 2.08. The Balaban J connectivity index is 1.88. The summed E-state index contributed by atoms with van der Waals surface area (Å²) in [6.45, 7) is 4.77. The lowest BCUT2D eigenvalue weighted by Crippen LogP contribution is -2.51. The lowest BCUT2D eigenvalue weighted by atomic mass is 9.88. The Morgan fingerprint density at radius 3 is 2.32 bits per heavy atom. The zero-order valence-corrected chi connectivity index (χ0v) is 12.6. The Kier molecular flexibility index (Phi) is 4.48. The summed E-state index contributed by atoms with van der Waals surface area (Å²) in [5, 5.41) is 3.50. The summed E-state index contributed by atoms with van der Waals surface area (Å²) in [5.41, 5.74) is 4.26. The molecule has 1 aromatic heterocycles. The van der Waals surface area contributed by atoms with E-state index in [1.165, 1.54) is 18.7 Å². The van der Waals surface area contributed by atoms with Crippen molar-refractivity contribution in [1.82, 2.24) is 15.0 Å². The molecule has 0 bridgehead atoms. The second-order valence-electron chi connectivity index (χ2n) is 5.72. The predicted molar refractivity (Wildman–Crippen MR) is 76.3 cm³/mol. The average molecular weight is 307 g/mol. The summed E-state index contributed by atoms with van der Waals surface area (Å²) in [4.78, 5) is 38.7. The Hall–Kier alpha value is -2.38. The lowest BCUT2D eigenvalue weighted by molar-refractivity contribution is -0.134. The van der Waals surface area contributed by atoms with E-state index in [-0.39, 0.29) is 17.6 Å². The van der Waals surface area contributed by atoms with Crippen LogP contribution in [0.25, 0.3) is 0 Å². The Bertz CT molecular complexity index is 559. The molecule has 0 unspecified atom stereocenters. The van der Waals surface area contributed by atoms with Gasteiger partial charge < -0.3 is 20.1 Å². The molecule has 2 rings (SSSR count). The third-order valence-corrected chi connectivity index (χ3v) is 3.65. The van der Waals surface area contributed by atoms with Gasteiger partial charge in [0, 0.05) is 32.2 Å². The number of primary amides is 1. The fraction of sp³-hybridized carbons (Fsp3) is 0.500. The van der Waals surface area contributed by atoms with Crippen LogP contribution < -0.4 is 5.73 Å². The molecule has 0 spiro atoms. The smallest absolute Gasteiger partial charge is 0.292 e. The van der Waals surface area contributed by atoms with Gasteiger partial charge in [-0.1, -0.05) is 19.0 Å². The van der Waals surface area contributed by atoms with Gasteiger partial charge in [-0.2, -0.15) is 0 Å². The molecule has 1 fully saturated rings. The molecular formula is C14H19N4O4. The molecule has 1 saturated heterocycles. The molecule has 2 N–H and O–H groups in total. The average Bonchev–Trinajstić information content (AvgIpc) is 3.00. The Labute approximate surface area is 128 Å². The van der Waals surface area contributed by atoms with Gasteiger partial charge in [-0.05, 0) is 0 Å². The van der Waals surface area contributed by atoms with Crippen molar-refractivity contribution in [2.45, 2.75) is 13.8 Å². The highest BCUT2D eigenvalue weighted by Gasteiger charge is 2.33. The highest BCUT2D eigenvalue weighted by atomic mass is 16.5. The SMILES string of the molecule is CC(C)([CH]C(=O)N1CCN(C(=O)c2ccno2)CC1)C(N)=O. The van der Waals surface area contributed by atoms with Gasteiger partial charge in [-0.25, -0.2) is 0 Å². The molecule has 0 aromatic carbocycles. The van der Waals surface area contributed by atoms with Crippen molar-refractivity contribution in [3.05, 3.63) is 24.4 Å². The van der Waals surface area contributed by atoms with Crippen molar-refractivity contribution < 1.29 is 18.9 Å². The van der Waals surface area contributed by atoms with E-state index in [1.54, 1.807) is 23.6 Å². The van der Waals surface area contributed by atoms with Gasteiger partial charge in [0.15, 0.2) is 0 Å². The molecule has 0 saturated carbocycles. The lowest BCUT2D eigenvalue weighted by Gasteiger charge is -2.35. The number of hydrogen-bond donors (Lipinski definition) is 1. The summed E-state index contributed by atoms with van der Waals surface area (Å²) < 4.78 is 4.84. The van der Waals surface area contributed by atoms with Crippen LogP contribution >= 0.6 is 0 Å². The topological polar surface area (TPSA) is 110 Å². The van der Waals surface area contributed by atoms with E-state index in [0.29, 0.717) is 26.2 Å². The first-order valence-corrected chi connectivity index (χ1v) is 6.96. The molecule has 1 radical (unpaired) electrons. The number of hydrogen-bond acceptors (Lipinski definition) is 5. The number of carbonyl (C=O) groups excluding carboxylic acids is 3. The zero-order valence-electron chi connectivity index (χ0n) is 12.6. The number of amides is 3. The number of rotatable bonds is 4. The van der Waals surface area contributed by atoms with Gasteiger partial charge in [0.2, 0.25) is 17.6 Å². The van der Waals surface area contributed by atoms with Crippen LogP contribution in [0.5, 0.6) is 0 Å². The van der Waals surface area contributed by atoms with Gasteiger partial charge in [-0.15, -0.1) is 0 Å². The molecule has 22 heavy (non-hydrogen) atoms. The molecule has 0 aliphatic carbocycles. The van der Waals surface area contributed by atoms with Crippen LogP contribution in [0.1, 0.15) is 24.4 Å². The minimum Gasteiger partial charge on any atom is -0.369 e. The second-order valence-corrected chi connectivity index (χ2v) is 5.72. The molecule has 1 aliphatic heterocycles. The summed E-state index contributed by atoms with van der Waals surface area (Å²) in [6, 6.07) is 1.50. The van der Waals surface area contributed by atoms with Crippen LogP contribution in [0.4, 0.5) is 0 Å². The van der Waals surface area contributed by atoms with Crippen LogP contribution in [0.15, 0.2) is 16.8 Å². The first-order chi connectivity index (χ1) is 10.3. The third-order valence-electron chi connectivity index (χ3n) is 3.65. The van der Waals surface area contributed by atoms with Crippen LogP contribution in [0.3, 0.4) is 0 Å². The zero-order chi connectivity index (χ0) is 16.3. The minimum atomic E-state index is -0.996. The van der Waals surface area contributed by atoms with Gasteiger partial charge >= 0.3 is 0 Å². The van der Waals surface area contributed by atoms with E-state index >= 15 is 0 Å². The molecular weight excluding hydrogens is 288 g/mol. The monoisotopic (exact) mass is 307 g/mol. The van der Waals surface area contributed by atoms with Crippen molar-refractivity contribution in [2.24, 2.45) is 11.1 Å². The van der Waals surface area contributed by atoms with E-state index in [2.05, 4.69) is 5.16 Å². The molecule has 1 aliphatic rings. The molecule has 8 nitrogen and oxygen atoms in total. The number of aromatic nitrogens is 1. The quantitative estimate of drug-likeness (QED) is 0.819. The van der Waals surface area contributed by atoms with Crippen LogP contribution in [0, 0.1) is 11.8 Å². The van der Waals surface area contributed by atoms with E-state index in [4.69, 9.17) is 10.3 Å². The number of piperazine rings is 1. The van der Waals surface area contributed by atoms with Crippen molar-refractivity contribution >= 4 is 17.7 Å². The predicted octanol–water partition coefficient (Wildman–Crippen LogP) is -0.325. The standard InChI is InChI=1S/C14H19N4O4/c1-14(2,13(15)21)9-11(19)17-5-7-18(8-6-17)12(20)10-3-4-16-22-10/h3-4,9H,5-8H2,1-2H3,(H2,15,21). The first kappa shape index (κ1) is 16.0. The van der Waals surface area contributed by atoms with E-state index in [0.717, 1.165) is 0 Å². The van der Waals surface area contributed by atoms with Crippen molar-refractivity contribution in [3.8, 4) is 0 Å². The van der Waals surface area contributed by atoms with E-state index < -0.39 is 11.3 Å². The minimum absolute atomic E-state index is 0.182. The maximum atomic E-state index is 12.2. The highest BCUT2D eigenvalue weighted by Crippen LogP contribution is 2.20. The summed E-state index contributed by atoms with van der Waals surface area (Å²) in [5.74, 6) is -0.872. The van der Waals surface area contributed by atoms with Crippen LogP contribution in [0.2, 0.25) is 0 Å². The molecule has 119 valence electrons. The molecule has 1 aromatic rings. The largest absolute Gasteiger partial charge is 0.369 e. The van der Waals surface area contributed by atoms with Gasteiger partial charge in [0.25, 0.3) is 5.91 Å². The molecule has 8 heteroatoms. The van der Waals surface area contributed by atoms with E-state index in [1.807, 2.05) is 0 Å². The van der Waals surface area contributed by atoms with E-state index in [9.17, 15) is 14.4 Å². The highest BCUT2D eigenvalue weighted by molar-refractivity contribution is 5.94. The van der Waals surface area contributed by atoms with Crippen molar-refractivity contribution in [1.29, 1.82) is 0 Å². The molecule has 3 amide bonds. The number of nitrogens with zero attached hydrogens (tertiary/aromatic N) is 3. The first-order valence-electron chi connectivity index (χ1n) is 6.96. The summed E-state index contributed by atoms with van der Waals surface area (Å²) in [6.07, 6.45) is 2.73.